The highest BCUT2D eigenvalue weighted by molar-refractivity contribution is 7.89. The van der Waals surface area contributed by atoms with Gasteiger partial charge in [-0.15, -0.1) is 0 Å². The average molecular weight is 494 g/mol. The van der Waals surface area contributed by atoms with Gasteiger partial charge in [-0.2, -0.15) is 4.31 Å². The van der Waals surface area contributed by atoms with Crippen molar-refractivity contribution in [2.24, 2.45) is 11.8 Å². The molecule has 1 saturated carbocycles. The van der Waals surface area contributed by atoms with Crippen LogP contribution in [0.15, 0.2) is 23.1 Å². The van der Waals surface area contributed by atoms with E-state index in [9.17, 15) is 27.6 Å². The molecule has 0 aromatic heterocycles. The van der Waals surface area contributed by atoms with E-state index in [1.807, 2.05) is 0 Å². The summed E-state index contributed by atoms with van der Waals surface area (Å²) in [7, 11) is -3.71. The van der Waals surface area contributed by atoms with Crippen molar-refractivity contribution in [2.45, 2.75) is 51.3 Å². The number of esters is 1. The molecule has 186 valence electrons. The zero-order valence-corrected chi connectivity index (χ0v) is 20.5. The van der Waals surface area contributed by atoms with Crippen LogP contribution < -0.4 is 5.32 Å². The van der Waals surface area contributed by atoms with Gasteiger partial charge < -0.3 is 10.1 Å². The van der Waals surface area contributed by atoms with Gasteiger partial charge in [0.2, 0.25) is 21.8 Å². The summed E-state index contributed by atoms with van der Waals surface area (Å²) in [6.45, 7) is 4.66. The van der Waals surface area contributed by atoms with Crippen molar-refractivity contribution in [3.63, 3.8) is 0 Å². The highest BCUT2D eigenvalue weighted by Gasteiger charge is 2.48. The fourth-order valence-corrected chi connectivity index (χ4v) is 5.99. The molecule has 10 nitrogen and oxygen atoms in total. The third-order valence-corrected chi connectivity index (χ3v) is 8.46. The Morgan fingerprint density at radius 2 is 1.68 bits per heavy atom. The lowest BCUT2D eigenvalue weighted by Crippen LogP contribution is -2.37. The minimum Gasteiger partial charge on any atom is -0.454 e. The first kappa shape index (κ1) is 25.8. The number of rotatable bonds is 9. The molecule has 1 aromatic carbocycles. The van der Waals surface area contributed by atoms with E-state index >= 15 is 0 Å². The van der Waals surface area contributed by atoms with Crippen LogP contribution in [0.25, 0.3) is 0 Å². The van der Waals surface area contributed by atoms with E-state index in [0.717, 1.165) is 17.7 Å². The number of fused-ring (bicyclic) bond motifs is 1. The first-order valence-electron chi connectivity index (χ1n) is 11.5. The molecule has 0 bridgehead atoms. The van der Waals surface area contributed by atoms with E-state index in [1.165, 1.54) is 16.4 Å². The van der Waals surface area contributed by atoms with E-state index in [4.69, 9.17) is 4.74 Å². The van der Waals surface area contributed by atoms with Gasteiger partial charge in [-0.1, -0.05) is 32.8 Å². The highest BCUT2D eigenvalue weighted by atomic mass is 32.2. The van der Waals surface area contributed by atoms with Crippen LogP contribution >= 0.6 is 0 Å². The van der Waals surface area contributed by atoms with Gasteiger partial charge in [0.1, 0.15) is 6.54 Å². The summed E-state index contributed by atoms with van der Waals surface area (Å²) in [5.74, 6) is -2.94. The summed E-state index contributed by atoms with van der Waals surface area (Å²) in [5.41, 5.74) is 0.914. The van der Waals surface area contributed by atoms with Gasteiger partial charge in [-0.25, -0.2) is 8.42 Å². The molecular weight excluding hydrogens is 462 g/mol. The lowest BCUT2D eigenvalue weighted by molar-refractivity contribution is -0.154. The number of ether oxygens (including phenoxy) is 1. The molecule has 2 atom stereocenters. The van der Waals surface area contributed by atoms with Crippen LogP contribution in [0.5, 0.6) is 0 Å². The van der Waals surface area contributed by atoms with Gasteiger partial charge >= 0.3 is 5.97 Å². The van der Waals surface area contributed by atoms with Crippen molar-refractivity contribution in [1.29, 1.82) is 0 Å². The summed E-state index contributed by atoms with van der Waals surface area (Å²) in [6.07, 6.45) is 3.06. The van der Waals surface area contributed by atoms with Crippen LogP contribution in [-0.4, -0.2) is 67.6 Å². The molecule has 34 heavy (non-hydrogen) atoms. The standard InChI is InChI=1S/C23H31N3O7S/c1-4-25(5-2)34(31,32)16-11-10-15(3)19(12-16)24-20(27)14-33-21(28)13-26-22(29)17-8-6-7-9-18(17)23(26)30/h10-12,17-18H,4-9,13-14H2,1-3H3,(H,24,27). The number of benzene rings is 1. The smallest absolute Gasteiger partial charge is 0.326 e. The van der Waals surface area contributed by atoms with Crippen molar-refractivity contribution in [3.8, 4) is 0 Å². The van der Waals surface area contributed by atoms with Gasteiger partial charge in [0.25, 0.3) is 5.91 Å². The molecule has 3 amide bonds. The Kier molecular flexibility index (Phi) is 8.09. The zero-order valence-electron chi connectivity index (χ0n) is 19.7. The predicted octanol–water partition coefficient (Wildman–Crippen LogP) is 1.68. The SMILES string of the molecule is CCN(CC)S(=O)(=O)c1ccc(C)c(NC(=O)COC(=O)CN2C(=O)C3CCCCC3C2=O)c1. The molecule has 2 fully saturated rings. The lowest BCUT2D eigenvalue weighted by atomic mass is 9.81. The normalized spacial score (nSPS) is 20.4. The van der Waals surface area contributed by atoms with Gasteiger partial charge in [-0.3, -0.25) is 24.1 Å². The number of carbonyl (C=O) groups excluding carboxylic acids is 4. The number of nitrogens with zero attached hydrogens (tertiary/aromatic N) is 2. The van der Waals surface area contributed by atoms with Crippen molar-refractivity contribution < 1.29 is 32.3 Å². The maximum atomic E-state index is 12.8. The first-order chi connectivity index (χ1) is 16.1. The number of sulfonamides is 1. The van der Waals surface area contributed by atoms with Crippen molar-refractivity contribution in [2.75, 3.05) is 31.6 Å². The van der Waals surface area contributed by atoms with Crippen LogP contribution in [0.3, 0.4) is 0 Å². The Morgan fingerprint density at radius 1 is 1.09 bits per heavy atom. The zero-order chi connectivity index (χ0) is 25.0. The molecule has 0 radical (unpaired) electrons. The van der Waals surface area contributed by atoms with E-state index in [1.54, 1.807) is 26.8 Å². The number of likely N-dealkylation sites (tertiary alicyclic amines) is 1. The monoisotopic (exact) mass is 493 g/mol. The second kappa shape index (κ2) is 10.6. The van der Waals surface area contributed by atoms with Gasteiger partial charge in [0.05, 0.1) is 16.7 Å². The molecule has 0 spiro atoms. The summed E-state index contributed by atoms with van der Waals surface area (Å²) in [6, 6.07) is 4.43. The number of nitrogens with one attached hydrogen (secondary N) is 1. The Labute approximate surface area is 199 Å². The van der Waals surface area contributed by atoms with Gasteiger partial charge in [-0.05, 0) is 37.5 Å². The number of anilines is 1. The number of amides is 3. The molecule has 1 heterocycles. The van der Waals surface area contributed by atoms with Crippen LogP contribution in [0.2, 0.25) is 0 Å². The number of hydrogen-bond acceptors (Lipinski definition) is 7. The fourth-order valence-electron chi connectivity index (χ4n) is 4.50. The molecule has 3 rings (SSSR count). The first-order valence-corrected chi connectivity index (χ1v) is 13.0. The number of imide groups is 1. The van der Waals surface area contributed by atoms with E-state index in [2.05, 4.69) is 5.32 Å². The third-order valence-electron chi connectivity index (χ3n) is 6.41. The second-order valence-electron chi connectivity index (χ2n) is 8.53. The predicted molar refractivity (Wildman–Crippen MR) is 123 cm³/mol. The van der Waals surface area contributed by atoms with E-state index < -0.39 is 35.1 Å². The van der Waals surface area contributed by atoms with Crippen LogP contribution in [0, 0.1) is 18.8 Å². The lowest BCUT2D eigenvalue weighted by Gasteiger charge is -2.19. The molecule has 1 aliphatic heterocycles. The maximum Gasteiger partial charge on any atom is 0.326 e. The van der Waals surface area contributed by atoms with Crippen molar-refractivity contribution in [3.05, 3.63) is 23.8 Å². The van der Waals surface area contributed by atoms with Gasteiger partial charge in [0.15, 0.2) is 6.61 Å². The molecule has 1 aliphatic carbocycles. The van der Waals surface area contributed by atoms with E-state index in [0.29, 0.717) is 31.5 Å². The Bertz CT molecular complexity index is 1060. The Hall–Kier alpha value is -2.79. The summed E-state index contributed by atoms with van der Waals surface area (Å²) in [5, 5.41) is 2.56. The molecule has 2 unspecified atom stereocenters. The number of hydrogen-bond donors (Lipinski definition) is 1. The highest BCUT2D eigenvalue weighted by Crippen LogP contribution is 2.37. The maximum absolute atomic E-state index is 12.8. The summed E-state index contributed by atoms with van der Waals surface area (Å²) >= 11 is 0. The number of aryl methyl sites for hydroxylation is 1. The quantitative estimate of drug-likeness (QED) is 0.409. The Morgan fingerprint density at radius 3 is 2.24 bits per heavy atom. The van der Waals surface area contributed by atoms with Gasteiger partial charge in [0, 0.05) is 18.8 Å². The third kappa shape index (κ3) is 5.30. The molecule has 1 aromatic rings. The molecular formula is C23H31N3O7S. The van der Waals surface area contributed by atoms with E-state index in [-0.39, 0.29) is 34.2 Å². The molecule has 1 N–H and O–H groups in total. The van der Waals surface area contributed by atoms with Crippen LogP contribution in [-0.2, 0) is 33.9 Å². The van der Waals surface area contributed by atoms with Crippen LogP contribution in [0.4, 0.5) is 5.69 Å². The second-order valence-corrected chi connectivity index (χ2v) is 10.5. The largest absolute Gasteiger partial charge is 0.454 e. The molecule has 11 heteroatoms. The average Bonchev–Trinajstić information content (AvgIpc) is 3.04. The Balaban J connectivity index is 1.58. The molecule has 2 aliphatic rings. The number of carbonyl (C=O) groups is 4. The minimum atomic E-state index is -3.71. The fraction of sp³-hybridized carbons (Fsp3) is 0.565. The topological polar surface area (TPSA) is 130 Å². The van der Waals surface area contributed by atoms with Crippen molar-refractivity contribution >= 4 is 39.4 Å². The summed E-state index contributed by atoms with van der Waals surface area (Å²) in [4.78, 5) is 50.5. The minimum absolute atomic E-state index is 0.0432. The van der Waals surface area contributed by atoms with Crippen molar-refractivity contribution in [1.82, 2.24) is 9.21 Å². The molecule has 1 saturated heterocycles. The van der Waals surface area contributed by atoms with Crippen LogP contribution in [0.1, 0.15) is 45.1 Å². The summed E-state index contributed by atoms with van der Waals surface area (Å²) < 4.78 is 31.8.